The molecule has 2 aliphatic carbocycles. The molecule has 112 valence electrons. The van der Waals surface area contributed by atoms with E-state index >= 15 is 0 Å². The molecule has 0 radical (unpaired) electrons. The van der Waals surface area contributed by atoms with E-state index in [1.54, 1.807) is 0 Å². The number of nitrogens with zero attached hydrogens (tertiary/aromatic N) is 1. The average Bonchev–Trinajstić information content (AvgIpc) is 3.13. The first-order valence-corrected chi connectivity index (χ1v) is 8.45. The van der Waals surface area contributed by atoms with Crippen molar-refractivity contribution >= 4 is 5.91 Å². The molecule has 2 saturated carbocycles. The number of aliphatic hydroxyl groups excluding tert-OH is 1. The summed E-state index contributed by atoms with van der Waals surface area (Å²) in [6.45, 7) is 1.67. The molecule has 2 heterocycles. The molecule has 0 aromatic rings. The Morgan fingerprint density at radius 1 is 1.05 bits per heavy atom. The van der Waals surface area contributed by atoms with Crippen molar-refractivity contribution < 1.29 is 9.90 Å². The summed E-state index contributed by atoms with van der Waals surface area (Å²) in [5.74, 6) is 1.94. The molecule has 4 nitrogen and oxygen atoms in total. The highest BCUT2D eigenvalue weighted by Gasteiger charge is 2.46. The number of hydrogen-bond donors (Lipinski definition) is 2. The molecule has 2 saturated heterocycles. The summed E-state index contributed by atoms with van der Waals surface area (Å²) in [6.07, 6.45) is 8.10. The van der Waals surface area contributed by atoms with Gasteiger partial charge in [0.25, 0.3) is 0 Å². The quantitative estimate of drug-likeness (QED) is 0.756. The minimum Gasteiger partial charge on any atom is -0.393 e. The number of amides is 1. The molecular formula is C16H26N2O2. The fraction of sp³-hybridized carbons (Fsp3) is 0.938. The largest absolute Gasteiger partial charge is 0.393 e. The monoisotopic (exact) mass is 278 g/mol. The Bertz CT molecular complexity index is 374. The molecule has 1 amide bonds. The Balaban J connectivity index is 1.39. The highest BCUT2D eigenvalue weighted by atomic mass is 16.3. The maximum absolute atomic E-state index is 12.7. The van der Waals surface area contributed by atoms with E-state index < -0.39 is 0 Å². The van der Waals surface area contributed by atoms with Gasteiger partial charge in [0.2, 0.25) is 5.91 Å². The summed E-state index contributed by atoms with van der Waals surface area (Å²) in [7, 11) is 0. The van der Waals surface area contributed by atoms with Crippen LogP contribution in [0.5, 0.6) is 0 Å². The first kappa shape index (κ1) is 13.1. The second-order valence-corrected chi connectivity index (χ2v) is 7.42. The summed E-state index contributed by atoms with van der Waals surface area (Å²) >= 11 is 0. The molecule has 4 rings (SSSR count). The summed E-state index contributed by atoms with van der Waals surface area (Å²) in [6, 6.07) is 0.643. The molecule has 4 aliphatic rings. The summed E-state index contributed by atoms with van der Waals surface area (Å²) in [5.41, 5.74) is 0. The number of aliphatic hydroxyl groups is 1. The number of rotatable bonds is 1. The molecule has 0 spiro atoms. The molecule has 6 atom stereocenters. The summed E-state index contributed by atoms with van der Waals surface area (Å²) in [5, 5.41) is 13.6. The van der Waals surface area contributed by atoms with Crippen LogP contribution in [0.25, 0.3) is 0 Å². The van der Waals surface area contributed by atoms with Crippen molar-refractivity contribution in [3.63, 3.8) is 0 Å². The van der Waals surface area contributed by atoms with Crippen LogP contribution < -0.4 is 5.32 Å². The maximum atomic E-state index is 12.7. The highest BCUT2D eigenvalue weighted by Crippen LogP contribution is 2.39. The molecule has 2 aliphatic heterocycles. The van der Waals surface area contributed by atoms with Gasteiger partial charge >= 0.3 is 0 Å². The average molecular weight is 278 g/mol. The zero-order valence-electron chi connectivity index (χ0n) is 12.1. The molecule has 6 unspecified atom stereocenters. The van der Waals surface area contributed by atoms with Crippen molar-refractivity contribution in [2.75, 3.05) is 13.1 Å². The van der Waals surface area contributed by atoms with Crippen molar-refractivity contribution in [2.24, 2.45) is 17.8 Å². The third kappa shape index (κ3) is 2.08. The molecular weight excluding hydrogens is 252 g/mol. The van der Waals surface area contributed by atoms with Gasteiger partial charge in [-0.05, 0) is 43.9 Å². The highest BCUT2D eigenvalue weighted by molar-refractivity contribution is 5.82. The second-order valence-electron chi connectivity index (χ2n) is 7.42. The zero-order valence-corrected chi connectivity index (χ0v) is 12.1. The van der Waals surface area contributed by atoms with E-state index in [1.807, 2.05) is 4.90 Å². The van der Waals surface area contributed by atoms with Crippen molar-refractivity contribution in [1.29, 1.82) is 0 Å². The molecule has 4 heteroatoms. The zero-order chi connectivity index (χ0) is 13.7. The van der Waals surface area contributed by atoms with E-state index in [4.69, 9.17) is 0 Å². The molecule has 0 aromatic carbocycles. The minimum absolute atomic E-state index is 0.0547. The van der Waals surface area contributed by atoms with Crippen molar-refractivity contribution in [2.45, 2.75) is 63.1 Å². The van der Waals surface area contributed by atoms with Gasteiger partial charge in [0.05, 0.1) is 12.1 Å². The third-order valence-electron chi connectivity index (χ3n) is 6.29. The lowest BCUT2D eigenvalue weighted by atomic mass is 9.85. The standard InChI is InChI=1S/C16H26N2O2/c19-15-6-5-11-8-18(9-12(11)15)16(20)14-7-10-3-1-2-4-13(10)17-14/h10-15,17,19H,1-9H2. The topological polar surface area (TPSA) is 52.6 Å². The smallest absolute Gasteiger partial charge is 0.239 e. The Labute approximate surface area is 120 Å². The first-order valence-electron chi connectivity index (χ1n) is 8.45. The van der Waals surface area contributed by atoms with Gasteiger partial charge in [-0.2, -0.15) is 0 Å². The van der Waals surface area contributed by atoms with Crippen LogP contribution in [-0.2, 0) is 4.79 Å². The predicted octanol–water partition coefficient (Wildman–Crippen LogP) is 1.14. The van der Waals surface area contributed by atoms with Crippen LogP contribution in [0.1, 0.15) is 44.9 Å². The molecule has 20 heavy (non-hydrogen) atoms. The number of carbonyl (C=O) groups excluding carboxylic acids is 1. The van der Waals surface area contributed by atoms with Gasteiger partial charge in [-0.15, -0.1) is 0 Å². The number of likely N-dealkylation sites (tertiary alicyclic amines) is 1. The SMILES string of the molecule is O=C(C1CC2CCCCC2N1)N1CC2CCC(O)C2C1. The van der Waals surface area contributed by atoms with Gasteiger partial charge in [0.15, 0.2) is 0 Å². The van der Waals surface area contributed by atoms with Crippen LogP contribution in [-0.4, -0.2) is 47.2 Å². The van der Waals surface area contributed by atoms with Gasteiger partial charge < -0.3 is 15.3 Å². The molecule has 2 N–H and O–H groups in total. The Morgan fingerprint density at radius 3 is 2.70 bits per heavy atom. The van der Waals surface area contributed by atoms with Gasteiger partial charge in [0, 0.05) is 25.0 Å². The summed E-state index contributed by atoms with van der Waals surface area (Å²) < 4.78 is 0. The van der Waals surface area contributed by atoms with Crippen LogP contribution in [0.2, 0.25) is 0 Å². The lowest BCUT2D eigenvalue weighted by Crippen LogP contribution is -2.45. The van der Waals surface area contributed by atoms with E-state index in [0.29, 0.717) is 23.8 Å². The van der Waals surface area contributed by atoms with Crippen LogP contribution in [0, 0.1) is 17.8 Å². The van der Waals surface area contributed by atoms with E-state index in [1.165, 1.54) is 25.7 Å². The molecule has 0 aromatic heterocycles. The predicted molar refractivity (Wildman–Crippen MR) is 76.1 cm³/mol. The summed E-state index contributed by atoms with van der Waals surface area (Å²) in [4.78, 5) is 14.7. The van der Waals surface area contributed by atoms with Crippen molar-refractivity contribution in [3.05, 3.63) is 0 Å². The van der Waals surface area contributed by atoms with E-state index in [0.717, 1.165) is 38.3 Å². The van der Waals surface area contributed by atoms with E-state index in [9.17, 15) is 9.90 Å². The fourth-order valence-corrected chi connectivity index (χ4v) is 5.15. The van der Waals surface area contributed by atoms with Gasteiger partial charge in [-0.1, -0.05) is 12.8 Å². The second kappa shape index (κ2) is 4.99. The van der Waals surface area contributed by atoms with Crippen LogP contribution in [0.4, 0.5) is 0 Å². The maximum Gasteiger partial charge on any atom is 0.239 e. The minimum atomic E-state index is -0.170. The van der Waals surface area contributed by atoms with Crippen LogP contribution >= 0.6 is 0 Å². The van der Waals surface area contributed by atoms with Gasteiger partial charge in [0.1, 0.15) is 0 Å². The normalized spacial score (nSPS) is 47.4. The molecule has 0 bridgehead atoms. The lowest BCUT2D eigenvalue weighted by molar-refractivity contribution is -0.132. The van der Waals surface area contributed by atoms with Crippen LogP contribution in [0.15, 0.2) is 0 Å². The van der Waals surface area contributed by atoms with Gasteiger partial charge in [-0.25, -0.2) is 0 Å². The number of nitrogens with one attached hydrogen (secondary N) is 1. The van der Waals surface area contributed by atoms with Crippen LogP contribution in [0.3, 0.4) is 0 Å². The Morgan fingerprint density at radius 2 is 1.90 bits per heavy atom. The van der Waals surface area contributed by atoms with E-state index in [2.05, 4.69) is 5.32 Å². The Kier molecular flexibility index (Phi) is 3.26. The van der Waals surface area contributed by atoms with Gasteiger partial charge in [-0.3, -0.25) is 4.79 Å². The molecule has 4 fully saturated rings. The lowest BCUT2D eigenvalue weighted by Gasteiger charge is -2.24. The number of fused-ring (bicyclic) bond motifs is 2. The van der Waals surface area contributed by atoms with E-state index in [-0.39, 0.29) is 12.1 Å². The van der Waals surface area contributed by atoms with Crippen molar-refractivity contribution in [1.82, 2.24) is 10.2 Å². The number of hydrogen-bond acceptors (Lipinski definition) is 3. The van der Waals surface area contributed by atoms with Crippen molar-refractivity contribution in [3.8, 4) is 0 Å². The first-order chi connectivity index (χ1) is 9.72. The number of carbonyl (C=O) groups is 1. The fourth-order valence-electron chi connectivity index (χ4n) is 5.15. The third-order valence-corrected chi connectivity index (χ3v) is 6.29. The Hall–Kier alpha value is -0.610.